The molecule has 1 heterocycles. The average molecular weight is 227 g/mol. The Morgan fingerprint density at radius 1 is 1.27 bits per heavy atom. The van der Waals surface area contributed by atoms with Crippen LogP contribution < -0.4 is 0 Å². The fourth-order valence-electron chi connectivity index (χ4n) is 1.26. The van der Waals surface area contributed by atoms with Gasteiger partial charge in [0.15, 0.2) is 0 Å². The van der Waals surface area contributed by atoms with Crippen molar-refractivity contribution in [3.8, 4) is 0 Å². The van der Waals surface area contributed by atoms with Crippen LogP contribution in [0.25, 0.3) is 0 Å². The molecular weight excluding hydrogens is 210 g/mol. The Morgan fingerprint density at radius 3 is 2.47 bits per heavy atom. The number of aromatic nitrogens is 1. The van der Waals surface area contributed by atoms with E-state index in [9.17, 15) is 0 Å². The largest absolute Gasteiger partial charge is 0.500 e. The van der Waals surface area contributed by atoms with E-state index < -0.39 is 8.80 Å². The van der Waals surface area contributed by atoms with Crippen molar-refractivity contribution in [3.05, 3.63) is 30.1 Å². The highest BCUT2D eigenvalue weighted by Gasteiger charge is 2.36. The van der Waals surface area contributed by atoms with Crippen LogP contribution in [-0.2, 0) is 19.9 Å². The minimum atomic E-state index is -2.44. The van der Waals surface area contributed by atoms with E-state index in [0.717, 1.165) is 11.7 Å². The maximum absolute atomic E-state index is 5.70. The molecule has 0 saturated heterocycles. The predicted molar refractivity (Wildman–Crippen MR) is 59.3 cm³/mol. The summed E-state index contributed by atoms with van der Waals surface area (Å²) < 4.78 is 16.3. The van der Waals surface area contributed by atoms with Gasteiger partial charge in [0.1, 0.15) is 0 Å². The third-order valence-corrected chi connectivity index (χ3v) is 4.92. The van der Waals surface area contributed by atoms with Crippen LogP contribution in [0.15, 0.2) is 24.4 Å². The molecule has 0 unspecified atom stereocenters. The van der Waals surface area contributed by atoms with E-state index in [-0.39, 0.29) is 0 Å². The summed E-state index contributed by atoms with van der Waals surface area (Å²) in [6.45, 7) is 2.43. The zero-order valence-corrected chi connectivity index (χ0v) is 10.4. The quantitative estimate of drug-likeness (QED) is 0.695. The summed E-state index contributed by atoms with van der Waals surface area (Å²) in [5.74, 6) is 0. The number of hydrogen-bond acceptors (Lipinski definition) is 4. The standard InChI is InChI=1S/C10H17NO3Si/c1-4-15(12-2,13-3)14-9-10-7-5-6-8-11-10/h5-8H,4,9H2,1-3H3. The van der Waals surface area contributed by atoms with Crippen LogP contribution in [0, 0.1) is 0 Å². The van der Waals surface area contributed by atoms with Crippen molar-refractivity contribution in [1.82, 2.24) is 4.98 Å². The van der Waals surface area contributed by atoms with Gasteiger partial charge in [-0.3, -0.25) is 4.98 Å². The molecule has 4 nitrogen and oxygen atoms in total. The third kappa shape index (κ3) is 3.39. The van der Waals surface area contributed by atoms with Crippen molar-refractivity contribution in [2.45, 2.75) is 19.6 Å². The smallest absolute Gasteiger partial charge is 0.377 e. The molecule has 15 heavy (non-hydrogen) atoms. The van der Waals surface area contributed by atoms with E-state index in [0.29, 0.717) is 6.61 Å². The number of pyridine rings is 1. The van der Waals surface area contributed by atoms with Gasteiger partial charge in [0, 0.05) is 26.5 Å². The lowest BCUT2D eigenvalue weighted by Gasteiger charge is -2.24. The Labute approximate surface area is 91.6 Å². The lowest BCUT2D eigenvalue weighted by Crippen LogP contribution is -2.42. The highest BCUT2D eigenvalue weighted by atomic mass is 28.4. The van der Waals surface area contributed by atoms with Crippen molar-refractivity contribution in [3.63, 3.8) is 0 Å². The lowest BCUT2D eigenvalue weighted by atomic mass is 10.4. The second-order valence-corrected chi connectivity index (χ2v) is 6.23. The Morgan fingerprint density at radius 2 is 2.00 bits per heavy atom. The average Bonchev–Trinajstić information content (AvgIpc) is 2.33. The molecule has 0 amide bonds. The highest BCUT2D eigenvalue weighted by molar-refractivity contribution is 6.60. The van der Waals surface area contributed by atoms with Crippen LogP contribution in [-0.4, -0.2) is 28.0 Å². The molecule has 0 aliphatic heterocycles. The Bertz CT molecular complexity index is 269. The summed E-state index contributed by atoms with van der Waals surface area (Å²) in [6.07, 6.45) is 1.74. The van der Waals surface area contributed by atoms with Gasteiger partial charge in [0.05, 0.1) is 12.3 Å². The van der Waals surface area contributed by atoms with Crippen LogP contribution in [0.4, 0.5) is 0 Å². The molecule has 0 N–H and O–H groups in total. The summed E-state index contributed by atoms with van der Waals surface area (Å²) in [5, 5.41) is 0. The SMILES string of the molecule is CC[Si](OC)(OC)OCc1ccccn1. The van der Waals surface area contributed by atoms with Gasteiger partial charge in [0.25, 0.3) is 0 Å². The van der Waals surface area contributed by atoms with Gasteiger partial charge in [-0.1, -0.05) is 13.0 Å². The molecule has 0 saturated carbocycles. The van der Waals surface area contributed by atoms with Crippen LogP contribution in [0.1, 0.15) is 12.6 Å². The molecule has 0 spiro atoms. The molecule has 5 heteroatoms. The summed E-state index contributed by atoms with van der Waals surface area (Å²) >= 11 is 0. The van der Waals surface area contributed by atoms with Crippen LogP contribution in [0.5, 0.6) is 0 Å². The topological polar surface area (TPSA) is 40.6 Å². The zero-order chi connectivity index (χ0) is 11.1. The van der Waals surface area contributed by atoms with Crippen molar-refractivity contribution < 1.29 is 13.3 Å². The minimum absolute atomic E-state index is 0.433. The van der Waals surface area contributed by atoms with Gasteiger partial charge >= 0.3 is 8.80 Å². The number of rotatable bonds is 6. The van der Waals surface area contributed by atoms with Crippen LogP contribution >= 0.6 is 0 Å². The molecule has 0 aliphatic rings. The van der Waals surface area contributed by atoms with Gasteiger partial charge < -0.3 is 13.3 Å². The van der Waals surface area contributed by atoms with Gasteiger partial charge in [-0.05, 0) is 12.1 Å². The molecule has 0 bridgehead atoms. The summed E-state index contributed by atoms with van der Waals surface area (Å²) in [6, 6.07) is 6.48. The first-order valence-corrected chi connectivity index (χ1v) is 6.83. The number of hydrogen-bond donors (Lipinski definition) is 0. The van der Waals surface area contributed by atoms with Gasteiger partial charge in [-0.25, -0.2) is 0 Å². The first kappa shape index (κ1) is 12.3. The van der Waals surface area contributed by atoms with Crippen LogP contribution in [0.2, 0.25) is 6.04 Å². The third-order valence-electron chi connectivity index (χ3n) is 2.22. The Hall–Kier alpha value is -0.753. The van der Waals surface area contributed by atoms with E-state index in [4.69, 9.17) is 13.3 Å². The molecule has 84 valence electrons. The molecule has 0 radical (unpaired) electrons. The summed E-state index contributed by atoms with van der Waals surface area (Å²) in [4.78, 5) is 4.17. The Kier molecular flexibility index (Phi) is 4.90. The van der Waals surface area contributed by atoms with Crippen molar-refractivity contribution in [1.29, 1.82) is 0 Å². The van der Waals surface area contributed by atoms with Gasteiger partial charge in [-0.2, -0.15) is 0 Å². The van der Waals surface area contributed by atoms with E-state index in [2.05, 4.69) is 4.98 Å². The van der Waals surface area contributed by atoms with E-state index in [1.54, 1.807) is 20.4 Å². The lowest BCUT2D eigenvalue weighted by molar-refractivity contribution is 0.0914. The zero-order valence-electron chi connectivity index (χ0n) is 9.40. The van der Waals surface area contributed by atoms with Crippen molar-refractivity contribution in [2.75, 3.05) is 14.2 Å². The summed E-state index contributed by atoms with van der Waals surface area (Å²) in [5.41, 5.74) is 0.886. The molecule has 1 aromatic heterocycles. The molecular formula is C10H17NO3Si. The van der Waals surface area contributed by atoms with Crippen molar-refractivity contribution in [2.24, 2.45) is 0 Å². The second kappa shape index (κ2) is 5.97. The Balaban J connectivity index is 2.54. The maximum Gasteiger partial charge on any atom is 0.500 e. The molecule has 0 atom stereocenters. The first-order chi connectivity index (χ1) is 7.26. The first-order valence-electron chi connectivity index (χ1n) is 4.90. The molecule has 0 aliphatic carbocycles. The van der Waals surface area contributed by atoms with E-state index in [1.165, 1.54) is 0 Å². The summed E-state index contributed by atoms with van der Waals surface area (Å²) in [7, 11) is 0.805. The van der Waals surface area contributed by atoms with E-state index in [1.807, 2.05) is 25.1 Å². The van der Waals surface area contributed by atoms with Gasteiger partial charge in [0.2, 0.25) is 0 Å². The molecule has 0 fully saturated rings. The second-order valence-electron chi connectivity index (χ2n) is 3.05. The maximum atomic E-state index is 5.70. The molecule has 1 aromatic rings. The fraction of sp³-hybridized carbons (Fsp3) is 0.500. The number of nitrogens with zero attached hydrogens (tertiary/aromatic N) is 1. The van der Waals surface area contributed by atoms with Crippen LogP contribution in [0.3, 0.4) is 0 Å². The fourth-order valence-corrected chi connectivity index (χ4v) is 2.81. The minimum Gasteiger partial charge on any atom is -0.377 e. The molecule has 0 aromatic carbocycles. The van der Waals surface area contributed by atoms with Gasteiger partial charge in [-0.15, -0.1) is 0 Å². The molecule has 1 rings (SSSR count). The van der Waals surface area contributed by atoms with Crippen molar-refractivity contribution >= 4 is 8.80 Å². The van der Waals surface area contributed by atoms with E-state index >= 15 is 0 Å². The normalized spacial score (nSPS) is 11.7. The predicted octanol–water partition coefficient (Wildman–Crippen LogP) is 1.85. The highest BCUT2D eigenvalue weighted by Crippen LogP contribution is 2.14. The monoisotopic (exact) mass is 227 g/mol.